The highest BCUT2D eigenvalue weighted by Crippen LogP contribution is 2.33. The fraction of sp³-hybridized carbons (Fsp3) is 0.385. The lowest BCUT2D eigenvalue weighted by Crippen LogP contribution is -1.94. The summed E-state index contributed by atoms with van der Waals surface area (Å²) < 4.78 is 5.12. The Kier molecular flexibility index (Phi) is 3.49. The Labute approximate surface area is 120 Å². The molecule has 2 aromatic heterocycles. The van der Waals surface area contributed by atoms with Crippen LogP contribution in [-0.2, 0) is 19.3 Å². The van der Waals surface area contributed by atoms with Crippen molar-refractivity contribution in [1.82, 2.24) is 14.3 Å². The summed E-state index contributed by atoms with van der Waals surface area (Å²) in [6.07, 6.45) is 4.03. The molecule has 3 rings (SSSR count). The smallest absolute Gasteiger partial charge is 0.176 e. The molecule has 0 spiro atoms. The fourth-order valence-corrected chi connectivity index (χ4v) is 3.80. The molecule has 0 saturated heterocycles. The minimum absolute atomic E-state index is 0.652. The van der Waals surface area contributed by atoms with Gasteiger partial charge in [-0.15, -0.1) is 0 Å². The minimum Gasteiger partial charge on any atom is -0.244 e. The van der Waals surface area contributed by atoms with Crippen LogP contribution in [0.4, 0.5) is 0 Å². The molecule has 19 heavy (non-hydrogen) atoms. The summed E-state index contributed by atoms with van der Waals surface area (Å²) in [5.41, 5.74) is 3.02. The minimum atomic E-state index is 0.652. The third-order valence-corrected chi connectivity index (χ3v) is 4.88. The summed E-state index contributed by atoms with van der Waals surface area (Å²) in [5, 5.41) is 10.0. The van der Waals surface area contributed by atoms with Crippen LogP contribution < -0.4 is 0 Å². The van der Waals surface area contributed by atoms with Gasteiger partial charge in [-0.25, -0.2) is 9.97 Å². The second-order valence-electron chi connectivity index (χ2n) is 4.34. The average Bonchev–Trinajstić information content (AvgIpc) is 3.06. The van der Waals surface area contributed by atoms with Crippen LogP contribution >= 0.6 is 23.3 Å². The summed E-state index contributed by atoms with van der Waals surface area (Å²) in [4.78, 5) is 9.05. The molecule has 0 N–H and O–H groups in total. The van der Waals surface area contributed by atoms with E-state index >= 15 is 0 Å². The second kappa shape index (κ2) is 5.27. The lowest BCUT2D eigenvalue weighted by atomic mass is 10.2. The monoisotopic (exact) mass is 288 g/mol. The van der Waals surface area contributed by atoms with Crippen molar-refractivity contribution in [3.05, 3.63) is 28.7 Å². The van der Waals surface area contributed by atoms with Gasteiger partial charge in [0, 0.05) is 12.1 Å². The van der Waals surface area contributed by atoms with E-state index in [4.69, 9.17) is 0 Å². The maximum Gasteiger partial charge on any atom is 0.176 e. The molecule has 6 heteroatoms. The third-order valence-electron chi connectivity index (χ3n) is 3.09. The van der Waals surface area contributed by atoms with Crippen molar-refractivity contribution in [1.29, 1.82) is 5.26 Å². The van der Waals surface area contributed by atoms with E-state index < -0.39 is 0 Å². The number of aromatic nitrogens is 3. The SMILES string of the molecule is CCc1nsc(Sc2nc3c(cc2C#N)CCC3)n1. The average molecular weight is 288 g/mol. The maximum absolute atomic E-state index is 9.24. The van der Waals surface area contributed by atoms with Crippen molar-refractivity contribution in [2.24, 2.45) is 0 Å². The van der Waals surface area contributed by atoms with E-state index in [-0.39, 0.29) is 0 Å². The predicted molar refractivity (Wildman–Crippen MR) is 74.4 cm³/mol. The summed E-state index contributed by atoms with van der Waals surface area (Å²) in [6, 6.07) is 4.22. The van der Waals surface area contributed by atoms with Gasteiger partial charge in [-0.3, -0.25) is 0 Å². The van der Waals surface area contributed by atoms with Gasteiger partial charge in [0.05, 0.1) is 5.56 Å². The zero-order valence-electron chi connectivity index (χ0n) is 10.5. The lowest BCUT2D eigenvalue weighted by Gasteiger charge is -2.04. The van der Waals surface area contributed by atoms with Gasteiger partial charge in [-0.2, -0.15) is 9.64 Å². The first-order valence-corrected chi connectivity index (χ1v) is 7.82. The molecule has 96 valence electrons. The Morgan fingerprint density at radius 2 is 2.32 bits per heavy atom. The number of nitriles is 1. The second-order valence-corrected chi connectivity index (χ2v) is 6.33. The zero-order valence-corrected chi connectivity index (χ0v) is 12.1. The Hall–Kier alpha value is -1.45. The van der Waals surface area contributed by atoms with Crippen LogP contribution in [0.3, 0.4) is 0 Å². The topological polar surface area (TPSA) is 62.5 Å². The summed E-state index contributed by atoms with van der Waals surface area (Å²) in [5.74, 6) is 0.854. The number of rotatable bonds is 3. The molecule has 0 unspecified atom stereocenters. The van der Waals surface area contributed by atoms with E-state index in [1.165, 1.54) is 28.9 Å². The Balaban J connectivity index is 1.94. The number of aryl methyl sites for hydroxylation is 3. The van der Waals surface area contributed by atoms with Gasteiger partial charge in [-0.1, -0.05) is 6.92 Å². The van der Waals surface area contributed by atoms with E-state index in [0.29, 0.717) is 5.56 Å². The highest BCUT2D eigenvalue weighted by Gasteiger charge is 2.18. The van der Waals surface area contributed by atoms with E-state index in [0.717, 1.165) is 46.6 Å². The Morgan fingerprint density at radius 3 is 3.05 bits per heavy atom. The van der Waals surface area contributed by atoms with Crippen LogP contribution in [0.5, 0.6) is 0 Å². The zero-order chi connectivity index (χ0) is 13.2. The van der Waals surface area contributed by atoms with Gasteiger partial charge in [0.15, 0.2) is 4.34 Å². The van der Waals surface area contributed by atoms with E-state index in [2.05, 4.69) is 20.4 Å². The molecule has 0 fully saturated rings. The quantitative estimate of drug-likeness (QED) is 0.868. The molecular formula is C13H12N4S2. The van der Waals surface area contributed by atoms with Crippen LogP contribution in [0, 0.1) is 11.3 Å². The van der Waals surface area contributed by atoms with Crippen molar-refractivity contribution in [2.75, 3.05) is 0 Å². The van der Waals surface area contributed by atoms with Gasteiger partial charge in [0.1, 0.15) is 16.9 Å². The first-order valence-electron chi connectivity index (χ1n) is 6.23. The lowest BCUT2D eigenvalue weighted by molar-refractivity contribution is 0.890. The summed E-state index contributed by atoms with van der Waals surface area (Å²) in [7, 11) is 0. The summed E-state index contributed by atoms with van der Waals surface area (Å²) in [6.45, 7) is 2.03. The number of pyridine rings is 1. The highest BCUT2D eigenvalue weighted by atomic mass is 32.2. The Morgan fingerprint density at radius 1 is 1.42 bits per heavy atom. The van der Waals surface area contributed by atoms with Crippen LogP contribution in [0.25, 0.3) is 0 Å². The van der Waals surface area contributed by atoms with Crippen LogP contribution in [0.1, 0.15) is 36.0 Å². The molecule has 1 aliphatic carbocycles. The molecule has 0 saturated carbocycles. The Bertz CT molecular complexity index is 657. The van der Waals surface area contributed by atoms with Crippen molar-refractivity contribution in [3.8, 4) is 6.07 Å². The molecule has 0 aliphatic heterocycles. The van der Waals surface area contributed by atoms with Gasteiger partial charge in [0.25, 0.3) is 0 Å². The van der Waals surface area contributed by atoms with Gasteiger partial charge in [0.2, 0.25) is 0 Å². The van der Waals surface area contributed by atoms with Crippen molar-refractivity contribution < 1.29 is 0 Å². The van der Waals surface area contributed by atoms with Crippen molar-refractivity contribution >= 4 is 23.3 Å². The maximum atomic E-state index is 9.24. The van der Waals surface area contributed by atoms with Crippen LogP contribution in [0.15, 0.2) is 15.4 Å². The van der Waals surface area contributed by atoms with Crippen molar-refractivity contribution in [3.63, 3.8) is 0 Å². The molecule has 4 nitrogen and oxygen atoms in total. The van der Waals surface area contributed by atoms with E-state index in [1.807, 2.05) is 13.0 Å². The molecule has 2 heterocycles. The van der Waals surface area contributed by atoms with Crippen LogP contribution in [0.2, 0.25) is 0 Å². The standard InChI is InChI=1S/C13H12N4S2/c1-2-11-16-13(19-17-11)18-12-9(7-14)6-8-4-3-5-10(8)15-12/h6H,2-5H2,1H3. The number of hydrogen-bond acceptors (Lipinski definition) is 6. The van der Waals surface area contributed by atoms with E-state index in [1.54, 1.807) is 0 Å². The fourth-order valence-electron chi connectivity index (χ4n) is 2.12. The summed E-state index contributed by atoms with van der Waals surface area (Å²) >= 11 is 2.83. The molecule has 0 radical (unpaired) electrons. The molecule has 2 aromatic rings. The third kappa shape index (κ3) is 2.48. The van der Waals surface area contributed by atoms with Gasteiger partial charge >= 0.3 is 0 Å². The highest BCUT2D eigenvalue weighted by molar-refractivity contribution is 8.00. The van der Waals surface area contributed by atoms with Gasteiger partial charge in [-0.05, 0) is 54.2 Å². The normalized spacial score (nSPS) is 13.3. The largest absolute Gasteiger partial charge is 0.244 e. The van der Waals surface area contributed by atoms with Crippen LogP contribution in [-0.4, -0.2) is 14.3 Å². The molecular weight excluding hydrogens is 276 g/mol. The molecule has 0 atom stereocenters. The number of hydrogen-bond donors (Lipinski definition) is 0. The molecule has 0 aromatic carbocycles. The molecule has 0 bridgehead atoms. The van der Waals surface area contributed by atoms with Crippen molar-refractivity contribution in [2.45, 2.75) is 42.0 Å². The predicted octanol–water partition coefficient (Wildman–Crippen LogP) is 3.01. The van der Waals surface area contributed by atoms with Gasteiger partial charge < -0.3 is 0 Å². The number of fused-ring (bicyclic) bond motifs is 1. The molecule has 0 amide bonds. The van der Waals surface area contributed by atoms with E-state index in [9.17, 15) is 5.26 Å². The first-order chi connectivity index (χ1) is 9.30. The number of nitrogens with zero attached hydrogens (tertiary/aromatic N) is 4. The molecule has 1 aliphatic rings. The first kappa shape index (κ1) is 12.6.